The number of nitrogens with one attached hydrogen (secondary N) is 1. The third kappa shape index (κ3) is 11.0. The van der Waals surface area contributed by atoms with Gasteiger partial charge in [0.25, 0.3) is 0 Å². The largest absolute Gasteiger partial charge is 0.342 e. The summed E-state index contributed by atoms with van der Waals surface area (Å²) in [6.07, 6.45) is 4.45. The van der Waals surface area contributed by atoms with Gasteiger partial charge in [-0.05, 0) is 110 Å². The molecule has 4 nitrogen and oxygen atoms in total. The molecule has 1 N–H and O–H groups in total. The van der Waals surface area contributed by atoms with Crippen molar-refractivity contribution in [2.75, 3.05) is 37.9 Å². The lowest BCUT2D eigenvalue weighted by atomic mass is 9.87. The number of amides is 1. The van der Waals surface area contributed by atoms with Crippen LogP contribution in [0.25, 0.3) is 0 Å². The van der Waals surface area contributed by atoms with Crippen LogP contribution < -0.4 is 5.32 Å². The molecule has 0 atom stereocenters. The van der Waals surface area contributed by atoms with E-state index in [0.29, 0.717) is 11.8 Å². The first-order chi connectivity index (χ1) is 17.7. The number of halogens is 6. The Kier molecular flexibility index (Phi) is 17.3. The number of alkyl halides is 2. The van der Waals surface area contributed by atoms with Crippen molar-refractivity contribution in [1.29, 1.82) is 0 Å². The molecule has 0 bridgehead atoms. The van der Waals surface area contributed by atoms with Gasteiger partial charge in [-0.15, -0.1) is 35.6 Å². The topological polar surface area (TPSA) is 49.4 Å². The summed E-state index contributed by atoms with van der Waals surface area (Å²) in [6.45, 7) is 8.05. The second-order valence-corrected chi connectivity index (χ2v) is 11.0. The Balaban J connectivity index is 0.000000322. The van der Waals surface area contributed by atoms with Crippen molar-refractivity contribution in [3.63, 3.8) is 0 Å². The second kappa shape index (κ2) is 18.6. The van der Waals surface area contributed by atoms with E-state index in [-0.39, 0.29) is 30.1 Å². The summed E-state index contributed by atoms with van der Waals surface area (Å²) in [6, 6.07) is 12.3. The number of benzene rings is 2. The summed E-state index contributed by atoms with van der Waals surface area (Å²) in [4.78, 5) is 22.8. The minimum Gasteiger partial charge on any atom is -0.342 e. The summed E-state index contributed by atoms with van der Waals surface area (Å²) in [7, 11) is 0. The lowest BCUT2D eigenvalue weighted by Crippen LogP contribution is -2.38. The molecule has 2 saturated heterocycles. The van der Waals surface area contributed by atoms with E-state index in [1.165, 1.54) is 35.1 Å². The molecule has 38 heavy (non-hydrogen) atoms. The van der Waals surface area contributed by atoms with Crippen LogP contribution in [-0.4, -0.2) is 54.0 Å². The molecular weight excluding hydrogens is 609 g/mol. The first-order valence-electron chi connectivity index (χ1n) is 12.5. The summed E-state index contributed by atoms with van der Waals surface area (Å²) in [5, 5.41) is 4.61. The third-order valence-electron chi connectivity index (χ3n) is 6.91. The number of nitrogens with zero attached hydrogens (tertiary/aromatic N) is 1. The Labute approximate surface area is 258 Å². The molecule has 2 aromatic carbocycles. The highest BCUT2D eigenvalue weighted by Gasteiger charge is 2.24. The van der Waals surface area contributed by atoms with Gasteiger partial charge in [0, 0.05) is 23.1 Å². The van der Waals surface area contributed by atoms with E-state index < -0.39 is 5.24 Å². The van der Waals surface area contributed by atoms with E-state index in [1.54, 1.807) is 0 Å². The predicted octanol–water partition coefficient (Wildman–Crippen LogP) is 8.12. The molecule has 4 rings (SSSR count). The van der Waals surface area contributed by atoms with E-state index in [4.69, 9.17) is 58.0 Å². The normalized spacial score (nSPS) is 15.8. The summed E-state index contributed by atoms with van der Waals surface area (Å²) in [5.41, 5.74) is 5.20. The zero-order valence-electron chi connectivity index (χ0n) is 21.8. The standard InChI is InChI=1S/C14H17Cl2NO.C12H16ClN.C2H2Cl2O.ClH/c1-10-12(3-2-4-13(10)16)11-5-7-17(8-6-11)14(18)9-15;1-9-11(3-2-4-12(9)13)10-5-7-14-8-6-10;3-1-2(4)5;/h2-4,11H,5-9H2,1H3;2-4,10,14H,5-8H2,1H3;1H2;1H. The lowest BCUT2D eigenvalue weighted by molar-refractivity contribution is -0.129. The molecule has 0 aliphatic carbocycles. The Morgan fingerprint density at radius 3 is 1.63 bits per heavy atom. The van der Waals surface area contributed by atoms with Gasteiger partial charge in [-0.2, -0.15) is 0 Å². The Morgan fingerprint density at radius 2 is 1.24 bits per heavy atom. The van der Waals surface area contributed by atoms with E-state index >= 15 is 0 Å². The highest BCUT2D eigenvalue weighted by Crippen LogP contribution is 2.33. The molecule has 0 spiro atoms. The highest BCUT2D eigenvalue weighted by atomic mass is 35.5. The monoisotopic (exact) mass is 642 g/mol. The van der Waals surface area contributed by atoms with Crippen LogP contribution in [0.5, 0.6) is 0 Å². The molecule has 0 radical (unpaired) electrons. The van der Waals surface area contributed by atoms with Gasteiger partial charge < -0.3 is 10.2 Å². The van der Waals surface area contributed by atoms with E-state index in [1.807, 2.05) is 23.1 Å². The number of carbonyl (C=O) groups is 2. The van der Waals surface area contributed by atoms with E-state index in [9.17, 15) is 9.59 Å². The average molecular weight is 645 g/mol. The molecule has 10 heteroatoms. The number of hydrogen-bond acceptors (Lipinski definition) is 3. The summed E-state index contributed by atoms with van der Waals surface area (Å²) in [5.74, 6) is 1.23. The van der Waals surface area contributed by atoms with Crippen LogP contribution in [0.1, 0.15) is 59.8 Å². The van der Waals surface area contributed by atoms with Gasteiger partial charge in [-0.3, -0.25) is 9.59 Å². The highest BCUT2D eigenvalue weighted by molar-refractivity contribution is 6.67. The smallest absolute Gasteiger partial charge is 0.237 e. The summed E-state index contributed by atoms with van der Waals surface area (Å²) >= 11 is 27.4. The van der Waals surface area contributed by atoms with E-state index in [2.05, 4.69) is 37.4 Å². The molecule has 1 amide bonds. The fraction of sp³-hybridized carbons (Fsp3) is 0.500. The molecular formula is C28H36Cl6N2O2. The molecule has 2 fully saturated rings. The first-order valence-corrected chi connectivity index (χ1v) is 14.7. The first kappa shape index (κ1) is 35.3. The van der Waals surface area contributed by atoms with Gasteiger partial charge >= 0.3 is 0 Å². The predicted molar refractivity (Wildman–Crippen MR) is 165 cm³/mol. The van der Waals surface area contributed by atoms with Crippen LogP contribution in [-0.2, 0) is 9.59 Å². The number of rotatable bonds is 4. The zero-order valence-corrected chi connectivity index (χ0v) is 26.3. The Morgan fingerprint density at radius 1 is 0.816 bits per heavy atom. The molecule has 0 unspecified atom stereocenters. The Hall–Kier alpha value is -0.720. The van der Waals surface area contributed by atoms with Crippen LogP contribution in [0.4, 0.5) is 0 Å². The molecule has 2 aliphatic rings. The van der Waals surface area contributed by atoms with Crippen LogP contribution in [0.2, 0.25) is 10.0 Å². The molecule has 2 aliphatic heterocycles. The fourth-order valence-electron chi connectivity index (χ4n) is 4.79. The second-order valence-electron chi connectivity index (χ2n) is 9.21. The minimum atomic E-state index is -0.508. The quantitative estimate of drug-likeness (QED) is 0.270. The lowest BCUT2D eigenvalue weighted by Gasteiger charge is -2.32. The van der Waals surface area contributed by atoms with Gasteiger partial charge in [0.2, 0.25) is 11.1 Å². The number of piperidine rings is 2. The van der Waals surface area contributed by atoms with Crippen LogP contribution in [0.15, 0.2) is 36.4 Å². The van der Waals surface area contributed by atoms with Crippen LogP contribution >= 0.6 is 70.4 Å². The summed E-state index contributed by atoms with van der Waals surface area (Å²) < 4.78 is 0. The van der Waals surface area contributed by atoms with Gasteiger partial charge in [0.1, 0.15) is 5.88 Å². The Bertz CT molecular complexity index is 1020. The van der Waals surface area contributed by atoms with Crippen molar-refractivity contribution < 1.29 is 9.59 Å². The fourth-order valence-corrected chi connectivity index (χ4v) is 5.32. The maximum atomic E-state index is 11.5. The van der Waals surface area contributed by atoms with Crippen molar-refractivity contribution in [3.05, 3.63) is 68.7 Å². The molecule has 212 valence electrons. The van der Waals surface area contributed by atoms with Crippen LogP contribution in [0.3, 0.4) is 0 Å². The minimum absolute atomic E-state index is 0. The van der Waals surface area contributed by atoms with Gasteiger partial charge in [-0.25, -0.2) is 0 Å². The maximum absolute atomic E-state index is 11.5. The number of hydrogen-bond donors (Lipinski definition) is 1. The van der Waals surface area contributed by atoms with E-state index in [0.717, 1.165) is 49.1 Å². The maximum Gasteiger partial charge on any atom is 0.237 e. The van der Waals surface area contributed by atoms with Crippen molar-refractivity contribution in [3.8, 4) is 0 Å². The van der Waals surface area contributed by atoms with Crippen molar-refractivity contribution >= 4 is 81.6 Å². The molecule has 2 heterocycles. The molecule has 0 saturated carbocycles. The zero-order chi connectivity index (χ0) is 27.4. The number of likely N-dealkylation sites (tertiary alicyclic amines) is 1. The van der Waals surface area contributed by atoms with Crippen LogP contribution in [0, 0.1) is 13.8 Å². The van der Waals surface area contributed by atoms with Gasteiger partial charge in [-0.1, -0.05) is 47.5 Å². The van der Waals surface area contributed by atoms with Gasteiger partial charge in [0.05, 0.1) is 5.88 Å². The van der Waals surface area contributed by atoms with Crippen molar-refractivity contribution in [2.45, 2.75) is 51.4 Å². The van der Waals surface area contributed by atoms with Gasteiger partial charge in [0.15, 0.2) is 0 Å². The third-order valence-corrected chi connectivity index (χ3v) is 8.47. The average Bonchev–Trinajstić information content (AvgIpc) is 2.92. The molecule has 0 aromatic heterocycles. The van der Waals surface area contributed by atoms with Crippen molar-refractivity contribution in [2.24, 2.45) is 0 Å². The van der Waals surface area contributed by atoms with Crippen molar-refractivity contribution in [1.82, 2.24) is 10.2 Å². The molecule has 2 aromatic rings. The SMILES string of the molecule is Cc1c(Cl)cccc1C1CCN(C(=O)CCl)CC1.Cc1c(Cl)cccc1C1CCNCC1.Cl.O=C(Cl)CCl. The number of carbonyl (C=O) groups excluding carboxylic acids is 2.